The van der Waals surface area contributed by atoms with Crippen LogP contribution in [0.15, 0.2) is 48.8 Å². The van der Waals surface area contributed by atoms with E-state index >= 15 is 0 Å². The van der Waals surface area contributed by atoms with Crippen LogP contribution in [0.3, 0.4) is 0 Å². The molecule has 2 aromatic rings. The van der Waals surface area contributed by atoms with E-state index in [0.29, 0.717) is 30.8 Å². The molecule has 1 saturated heterocycles. The van der Waals surface area contributed by atoms with E-state index < -0.39 is 12.1 Å². The predicted octanol–water partition coefficient (Wildman–Crippen LogP) is 3.47. The molecule has 2 atom stereocenters. The van der Waals surface area contributed by atoms with Gasteiger partial charge >= 0.3 is 0 Å². The number of aromatic nitrogens is 1. The average Bonchev–Trinajstić information content (AvgIpc) is 3.33. The van der Waals surface area contributed by atoms with E-state index in [2.05, 4.69) is 42.2 Å². The van der Waals surface area contributed by atoms with E-state index in [1.165, 1.54) is 4.90 Å². The Bertz CT molecular complexity index is 1060. The first-order valence-corrected chi connectivity index (χ1v) is 12.6. The molecule has 2 heterocycles. The molecule has 0 spiro atoms. The van der Waals surface area contributed by atoms with E-state index in [0.717, 1.165) is 24.9 Å². The summed E-state index contributed by atoms with van der Waals surface area (Å²) in [5.74, 6) is -0.522. The Morgan fingerprint density at radius 1 is 1.22 bits per heavy atom. The van der Waals surface area contributed by atoms with Crippen molar-refractivity contribution in [2.75, 3.05) is 38.6 Å². The number of benzene rings is 1. The maximum absolute atomic E-state index is 14.1. The molecule has 1 aliphatic rings. The number of likely N-dealkylation sites (tertiary alicyclic amines) is 1. The lowest BCUT2D eigenvalue weighted by Crippen LogP contribution is -2.50. The minimum Gasteiger partial charge on any atom is -0.354 e. The van der Waals surface area contributed by atoms with Crippen LogP contribution in [0.5, 0.6) is 0 Å². The van der Waals surface area contributed by atoms with Gasteiger partial charge in [0.05, 0.1) is 0 Å². The highest BCUT2D eigenvalue weighted by Crippen LogP contribution is 2.33. The molecular formula is C28H38N6O2. The lowest BCUT2D eigenvalue weighted by atomic mass is 9.87. The lowest BCUT2D eigenvalue weighted by molar-refractivity contribution is -0.128. The molecule has 1 aliphatic heterocycles. The Hall–Kier alpha value is -3.44. The average molecular weight is 491 g/mol. The minimum absolute atomic E-state index is 0.0526. The molecule has 192 valence electrons. The highest BCUT2D eigenvalue weighted by molar-refractivity contribution is 6.04. The number of carbonyl (C=O) groups is 2. The third-order valence-electron chi connectivity index (χ3n) is 6.50. The van der Waals surface area contributed by atoms with Crippen molar-refractivity contribution in [3.63, 3.8) is 0 Å². The standard InChI is InChI=1S/C28H38N6O2/c1-28(2,3)22-11-13-23(14-12-22)34(27(36)24-10-7-18-33(24)20-29)25(21-9-6-15-30-19-21)26(35)31-16-8-17-32(4)5/h6,9,11-15,19,24-25H,7-8,10,16-18H2,1-5H3,(H,31,35). The molecule has 1 aromatic carbocycles. The first-order valence-electron chi connectivity index (χ1n) is 12.6. The fraction of sp³-hybridized carbons (Fsp3) is 0.500. The number of rotatable bonds is 9. The Labute approximate surface area is 214 Å². The van der Waals surface area contributed by atoms with Gasteiger partial charge < -0.3 is 10.2 Å². The van der Waals surface area contributed by atoms with Crippen LogP contribution in [0.1, 0.15) is 57.2 Å². The van der Waals surface area contributed by atoms with Crippen LogP contribution < -0.4 is 10.2 Å². The van der Waals surface area contributed by atoms with Gasteiger partial charge in [-0.2, -0.15) is 5.26 Å². The van der Waals surface area contributed by atoms with E-state index in [-0.39, 0.29) is 17.2 Å². The second kappa shape index (κ2) is 12.0. The molecule has 1 aromatic heterocycles. The van der Waals surface area contributed by atoms with Gasteiger partial charge in [-0.1, -0.05) is 39.0 Å². The van der Waals surface area contributed by atoms with Crippen molar-refractivity contribution in [1.82, 2.24) is 20.1 Å². The summed E-state index contributed by atoms with van der Waals surface area (Å²) in [5.41, 5.74) is 2.32. The van der Waals surface area contributed by atoms with E-state index in [1.54, 1.807) is 23.4 Å². The topological polar surface area (TPSA) is 92.6 Å². The van der Waals surface area contributed by atoms with Gasteiger partial charge in [0.2, 0.25) is 5.91 Å². The van der Waals surface area contributed by atoms with Crippen molar-refractivity contribution in [2.24, 2.45) is 0 Å². The lowest BCUT2D eigenvalue weighted by Gasteiger charge is -2.34. The van der Waals surface area contributed by atoms with Gasteiger partial charge in [0, 0.05) is 36.7 Å². The minimum atomic E-state index is -0.910. The molecule has 1 N–H and O–H groups in total. The molecule has 2 unspecified atom stereocenters. The SMILES string of the molecule is CN(C)CCCNC(=O)C(c1cccnc1)N(C(=O)C1CCCN1C#N)c1ccc(C(C)(C)C)cc1. The Morgan fingerprint density at radius 2 is 1.94 bits per heavy atom. The third-order valence-corrected chi connectivity index (χ3v) is 6.50. The molecule has 2 amide bonds. The largest absolute Gasteiger partial charge is 0.354 e. The summed E-state index contributed by atoms with van der Waals surface area (Å²) in [7, 11) is 3.98. The first-order chi connectivity index (χ1) is 17.1. The number of amides is 2. The highest BCUT2D eigenvalue weighted by atomic mass is 16.2. The van der Waals surface area contributed by atoms with Gasteiger partial charge in [-0.3, -0.25) is 24.4 Å². The molecule has 8 nitrogen and oxygen atoms in total. The fourth-order valence-electron chi connectivity index (χ4n) is 4.49. The smallest absolute Gasteiger partial charge is 0.251 e. The van der Waals surface area contributed by atoms with Crippen molar-refractivity contribution < 1.29 is 9.59 Å². The summed E-state index contributed by atoms with van der Waals surface area (Å²) in [4.78, 5) is 37.1. The van der Waals surface area contributed by atoms with Gasteiger partial charge in [0.25, 0.3) is 5.91 Å². The Morgan fingerprint density at radius 3 is 2.53 bits per heavy atom. The summed E-state index contributed by atoms with van der Waals surface area (Å²) in [6, 6.07) is 9.87. The van der Waals surface area contributed by atoms with E-state index in [1.807, 2.05) is 44.4 Å². The monoisotopic (exact) mass is 490 g/mol. The van der Waals surface area contributed by atoms with E-state index in [9.17, 15) is 14.9 Å². The maximum Gasteiger partial charge on any atom is 0.251 e. The zero-order chi connectivity index (χ0) is 26.3. The number of hydrogen-bond donors (Lipinski definition) is 1. The Balaban J connectivity index is 2.04. The van der Waals surface area contributed by atoms with Gasteiger partial charge in [-0.25, -0.2) is 0 Å². The van der Waals surface area contributed by atoms with Gasteiger partial charge in [0.1, 0.15) is 12.1 Å². The predicted molar refractivity (Wildman–Crippen MR) is 141 cm³/mol. The second-order valence-electron chi connectivity index (χ2n) is 10.6. The number of anilines is 1. The van der Waals surface area contributed by atoms with Crippen LogP contribution in [0.2, 0.25) is 0 Å². The summed E-state index contributed by atoms with van der Waals surface area (Å²) in [5, 5.41) is 12.7. The normalized spacial score (nSPS) is 16.5. The van der Waals surface area contributed by atoms with Crippen molar-refractivity contribution in [1.29, 1.82) is 5.26 Å². The molecule has 1 fully saturated rings. The van der Waals surface area contributed by atoms with Gasteiger partial charge in [-0.15, -0.1) is 0 Å². The van der Waals surface area contributed by atoms with Crippen molar-refractivity contribution >= 4 is 17.5 Å². The van der Waals surface area contributed by atoms with Crippen LogP contribution >= 0.6 is 0 Å². The number of pyridine rings is 1. The number of nitrogens with one attached hydrogen (secondary N) is 1. The molecule has 0 bridgehead atoms. The maximum atomic E-state index is 14.1. The van der Waals surface area contributed by atoms with Crippen molar-refractivity contribution in [2.45, 2.75) is 57.5 Å². The second-order valence-corrected chi connectivity index (χ2v) is 10.6. The summed E-state index contributed by atoms with van der Waals surface area (Å²) in [6.07, 6.45) is 7.56. The summed E-state index contributed by atoms with van der Waals surface area (Å²) in [6.45, 7) is 8.27. The molecule has 36 heavy (non-hydrogen) atoms. The van der Waals surface area contributed by atoms with Crippen LogP contribution in [-0.2, 0) is 15.0 Å². The zero-order valence-electron chi connectivity index (χ0n) is 22.1. The van der Waals surface area contributed by atoms with Crippen molar-refractivity contribution in [3.05, 3.63) is 59.9 Å². The number of carbonyl (C=O) groups excluding carboxylic acids is 2. The summed E-state index contributed by atoms with van der Waals surface area (Å²) < 4.78 is 0. The molecular weight excluding hydrogens is 452 g/mol. The summed E-state index contributed by atoms with van der Waals surface area (Å²) >= 11 is 0. The molecule has 0 aliphatic carbocycles. The highest BCUT2D eigenvalue weighted by Gasteiger charge is 2.40. The number of nitrogens with zero attached hydrogens (tertiary/aromatic N) is 5. The number of hydrogen-bond acceptors (Lipinski definition) is 6. The van der Waals surface area contributed by atoms with Crippen molar-refractivity contribution in [3.8, 4) is 6.19 Å². The molecule has 0 radical (unpaired) electrons. The van der Waals surface area contributed by atoms with E-state index in [4.69, 9.17) is 0 Å². The quantitative estimate of drug-likeness (QED) is 0.427. The van der Waals surface area contributed by atoms with Crippen LogP contribution in [0, 0.1) is 11.5 Å². The van der Waals surface area contributed by atoms with Crippen LogP contribution in [-0.4, -0.2) is 66.4 Å². The van der Waals surface area contributed by atoms with Gasteiger partial charge in [0.15, 0.2) is 6.19 Å². The van der Waals surface area contributed by atoms with Gasteiger partial charge in [-0.05, 0) is 69.1 Å². The fourth-order valence-corrected chi connectivity index (χ4v) is 4.49. The molecule has 0 saturated carbocycles. The Kier molecular flexibility index (Phi) is 9.05. The molecule has 3 rings (SSSR count). The first kappa shape index (κ1) is 27.2. The van der Waals surface area contributed by atoms with Crippen LogP contribution in [0.4, 0.5) is 5.69 Å². The van der Waals surface area contributed by atoms with Crippen LogP contribution in [0.25, 0.3) is 0 Å². The molecule has 8 heteroatoms. The third kappa shape index (κ3) is 6.61. The number of nitriles is 1. The zero-order valence-corrected chi connectivity index (χ0v) is 22.1.